The first-order valence-electron chi connectivity index (χ1n) is 9.41. The van der Waals surface area contributed by atoms with Gasteiger partial charge in [0.1, 0.15) is 28.9 Å². The van der Waals surface area contributed by atoms with Crippen molar-refractivity contribution in [3.05, 3.63) is 65.6 Å². The molecule has 1 aromatic heterocycles. The third-order valence-corrected chi connectivity index (χ3v) is 4.26. The minimum absolute atomic E-state index is 0.0215. The average Bonchev–Trinajstić information content (AvgIpc) is 3.25. The van der Waals surface area contributed by atoms with E-state index in [2.05, 4.69) is 5.32 Å². The largest absolute Gasteiger partial charge is 0.494 e. The Hall–Kier alpha value is -3.72. The van der Waals surface area contributed by atoms with Gasteiger partial charge >= 0.3 is 0 Å². The van der Waals surface area contributed by atoms with E-state index in [1.807, 2.05) is 50.2 Å². The highest BCUT2D eigenvalue weighted by Gasteiger charge is 2.14. The second-order valence-corrected chi connectivity index (χ2v) is 6.16. The van der Waals surface area contributed by atoms with E-state index in [0.29, 0.717) is 36.0 Å². The number of amides is 1. The molecule has 0 unspecified atom stereocenters. The summed E-state index contributed by atoms with van der Waals surface area (Å²) in [5, 5.41) is 14.1. The summed E-state index contributed by atoms with van der Waals surface area (Å²) in [5.41, 5.74) is 0.641. The van der Waals surface area contributed by atoms with E-state index in [-0.39, 0.29) is 12.1 Å². The molecule has 0 aliphatic rings. The molecule has 0 spiro atoms. The summed E-state index contributed by atoms with van der Waals surface area (Å²) in [7, 11) is 0. The van der Waals surface area contributed by atoms with Gasteiger partial charge in [-0.15, -0.1) is 0 Å². The predicted molar refractivity (Wildman–Crippen MR) is 110 cm³/mol. The monoisotopic (exact) mass is 390 g/mol. The number of nitrogens with one attached hydrogen (secondary N) is 1. The topological polar surface area (TPSA) is 84.5 Å². The van der Waals surface area contributed by atoms with Crippen LogP contribution in [0.3, 0.4) is 0 Å². The molecule has 3 rings (SSSR count). The van der Waals surface area contributed by atoms with Crippen LogP contribution >= 0.6 is 0 Å². The molecule has 0 saturated carbocycles. The maximum absolute atomic E-state index is 12.5. The minimum atomic E-state index is -0.482. The summed E-state index contributed by atoms with van der Waals surface area (Å²) in [6.45, 7) is 5.01. The van der Waals surface area contributed by atoms with Crippen molar-refractivity contribution >= 4 is 22.8 Å². The van der Waals surface area contributed by atoms with Crippen molar-refractivity contribution in [2.75, 3.05) is 13.2 Å². The SMILES string of the molecule is CCOc1ccc2ccc(OCC)c(/C=C(/C#N)C(=O)NCc3ccco3)c2c1. The van der Waals surface area contributed by atoms with Crippen molar-refractivity contribution in [1.29, 1.82) is 5.26 Å². The van der Waals surface area contributed by atoms with Gasteiger partial charge in [0.15, 0.2) is 0 Å². The number of furan rings is 1. The molecule has 0 fully saturated rings. The Morgan fingerprint density at radius 2 is 1.97 bits per heavy atom. The zero-order valence-corrected chi connectivity index (χ0v) is 16.4. The number of rotatable bonds is 8. The van der Waals surface area contributed by atoms with Gasteiger partial charge in [0, 0.05) is 5.56 Å². The van der Waals surface area contributed by atoms with Gasteiger partial charge < -0.3 is 19.2 Å². The van der Waals surface area contributed by atoms with Crippen molar-refractivity contribution in [2.24, 2.45) is 0 Å². The summed E-state index contributed by atoms with van der Waals surface area (Å²) >= 11 is 0. The van der Waals surface area contributed by atoms with E-state index < -0.39 is 5.91 Å². The number of carbonyl (C=O) groups excluding carboxylic acids is 1. The molecule has 2 aromatic carbocycles. The smallest absolute Gasteiger partial charge is 0.262 e. The highest BCUT2D eigenvalue weighted by molar-refractivity contribution is 6.05. The third-order valence-electron chi connectivity index (χ3n) is 4.26. The molecule has 6 heteroatoms. The van der Waals surface area contributed by atoms with Gasteiger partial charge in [-0.1, -0.05) is 12.1 Å². The summed E-state index contributed by atoms with van der Waals surface area (Å²) < 4.78 is 16.6. The van der Waals surface area contributed by atoms with Crippen LogP contribution < -0.4 is 14.8 Å². The molecule has 3 aromatic rings. The zero-order valence-electron chi connectivity index (χ0n) is 16.4. The Kier molecular flexibility index (Phi) is 6.54. The van der Waals surface area contributed by atoms with Gasteiger partial charge in [-0.3, -0.25) is 4.79 Å². The van der Waals surface area contributed by atoms with Crippen molar-refractivity contribution < 1.29 is 18.7 Å². The van der Waals surface area contributed by atoms with Crippen LogP contribution in [0.15, 0.2) is 58.7 Å². The molecule has 0 bridgehead atoms. The van der Waals surface area contributed by atoms with E-state index in [0.717, 1.165) is 10.8 Å². The van der Waals surface area contributed by atoms with Gasteiger partial charge in [0.05, 0.1) is 26.0 Å². The number of benzene rings is 2. The lowest BCUT2D eigenvalue weighted by atomic mass is 10.0. The Morgan fingerprint density at radius 3 is 2.66 bits per heavy atom. The van der Waals surface area contributed by atoms with E-state index >= 15 is 0 Å². The molecule has 0 aliphatic carbocycles. The maximum atomic E-state index is 12.5. The van der Waals surface area contributed by atoms with Gasteiger partial charge in [-0.2, -0.15) is 5.26 Å². The molecular formula is C23H22N2O4. The van der Waals surface area contributed by atoms with Crippen molar-refractivity contribution in [3.63, 3.8) is 0 Å². The first-order valence-corrected chi connectivity index (χ1v) is 9.41. The molecule has 1 N–H and O–H groups in total. The first-order chi connectivity index (χ1) is 14.2. The van der Waals surface area contributed by atoms with Crippen LogP contribution in [0.25, 0.3) is 16.8 Å². The predicted octanol–water partition coefficient (Wildman–Crippen LogP) is 4.45. The number of nitrogens with zero attached hydrogens (tertiary/aromatic N) is 1. The van der Waals surface area contributed by atoms with E-state index in [1.165, 1.54) is 6.26 Å². The van der Waals surface area contributed by atoms with Crippen LogP contribution in [0.1, 0.15) is 25.2 Å². The lowest BCUT2D eigenvalue weighted by Crippen LogP contribution is -2.23. The number of hydrogen-bond donors (Lipinski definition) is 1. The van der Waals surface area contributed by atoms with Gasteiger partial charge in [0.25, 0.3) is 5.91 Å². The lowest BCUT2D eigenvalue weighted by Gasteiger charge is -2.13. The van der Waals surface area contributed by atoms with Gasteiger partial charge in [-0.25, -0.2) is 0 Å². The number of fused-ring (bicyclic) bond motifs is 1. The minimum Gasteiger partial charge on any atom is -0.494 e. The summed E-state index contributed by atoms with van der Waals surface area (Å²) in [6.07, 6.45) is 3.09. The van der Waals surface area contributed by atoms with E-state index in [1.54, 1.807) is 18.2 Å². The molecule has 1 heterocycles. The zero-order chi connectivity index (χ0) is 20.6. The Bertz CT molecular complexity index is 1060. The Balaban J connectivity index is 2.01. The van der Waals surface area contributed by atoms with Crippen LogP contribution in [0, 0.1) is 11.3 Å². The summed E-state index contributed by atoms with van der Waals surface area (Å²) in [5.74, 6) is 1.44. The standard InChI is InChI=1S/C23H22N2O4/c1-3-27-18-9-7-16-8-10-22(28-4-2)21(20(16)13-18)12-17(14-24)23(26)25-15-19-6-5-11-29-19/h5-13H,3-4,15H2,1-2H3,(H,25,26)/b17-12-. The quantitative estimate of drug-likeness (QED) is 0.454. The normalized spacial score (nSPS) is 11.1. The summed E-state index contributed by atoms with van der Waals surface area (Å²) in [4.78, 5) is 12.5. The fraction of sp³-hybridized carbons (Fsp3) is 0.217. The number of nitriles is 1. The number of hydrogen-bond acceptors (Lipinski definition) is 5. The molecule has 6 nitrogen and oxygen atoms in total. The average molecular weight is 390 g/mol. The number of ether oxygens (including phenoxy) is 2. The Labute approximate surface area is 169 Å². The molecule has 0 atom stereocenters. The molecule has 1 amide bonds. The fourth-order valence-corrected chi connectivity index (χ4v) is 2.96. The van der Waals surface area contributed by atoms with Crippen LogP contribution in [-0.2, 0) is 11.3 Å². The number of carbonyl (C=O) groups is 1. The van der Waals surface area contributed by atoms with Gasteiger partial charge in [0.2, 0.25) is 0 Å². The van der Waals surface area contributed by atoms with Crippen LogP contribution in [0.2, 0.25) is 0 Å². The van der Waals surface area contributed by atoms with Crippen molar-refractivity contribution in [2.45, 2.75) is 20.4 Å². The summed E-state index contributed by atoms with van der Waals surface area (Å²) in [6, 6.07) is 15.0. The second kappa shape index (κ2) is 9.47. The fourth-order valence-electron chi connectivity index (χ4n) is 2.96. The van der Waals surface area contributed by atoms with Gasteiger partial charge in [-0.05, 0) is 61.0 Å². The highest BCUT2D eigenvalue weighted by atomic mass is 16.5. The van der Waals surface area contributed by atoms with Crippen LogP contribution in [-0.4, -0.2) is 19.1 Å². The highest BCUT2D eigenvalue weighted by Crippen LogP contribution is 2.33. The molecular weight excluding hydrogens is 368 g/mol. The van der Waals surface area contributed by atoms with Crippen molar-refractivity contribution in [1.82, 2.24) is 5.32 Å². The Morgan fingerprint density at radius 1 is 1.17 bits per heavy atom. The lowest BCUT2D eigenvalue weighted by molar-refractivity contribution is -0.117. The maximum Gasteiger partial charge on any atom is 0.262 e. The molecule has 148 valence electrons. The van der Waals surface area contributed by atoms with Crippen LogP contribution in [0.4, 0.5) is 0 Å². The first kappa shape index (κ1) is 20.0. The molecule has 0 aliphatic heterocycles. The third kappa shape index (κ3) is 4.77. The van der Waals surface area contributed by atoms with E-state index in [9.17, 15) is 10.1 Å². The molecule has 0 radical (unpaired) electrons. The second-order valence-electron chi connectivity index (χ2n) is 6.16. The molecule has 29 heavy (non-hydrogen) atoms. The molecule has 0 saturated heterocycles. The van der Waals surface area contributed by atoms with E-state index in [4.69, 9.17) is 13.9 Å². The van der Waals surface area contributed by atoms with Crippen LogP contribution in [0.5, 0.6) is 11.5 Å². The van der Waals surface area contributed by atoms with Crippen molar-refractivity contribution in [3.8, 4) is 17.6 Å².